The molecule has 1 saturated heterocycles. The summed E-state index contributed by atoms with van der Waals surface area (Å²) >= 11 is 0. The minimum Gasteiger partial charge on any atom is -0.481 e. The van der Waals surface area contributed by atoms with Gasteiger partial charge >= 0.3 is 5.97 Å². The maximum atomic E-state index is 11.8. The molecule has 2 heterocycles. The zero-order valence-electron chi connectivity index (χ0n) is 14.3. The van der Waals surface area contributed by atoms with Crippen molar-refractivity contribution in [1.29, 1.82) is 0 Å². The van der Waals surface area contributed by atoms with Crippen LogP contribution in [0.15, 0.2) is 34.9 Å². The van der Waals surface area contributed by atoms with Gasteiger partial charge in [0.2, 0.25) is 0 Å². The van der Waals surface area contributed by atoms with Crippen LogP contribution < -0.4 is 0 Å². The highest BCUT2D eigenvalue weighted by Gasteiger charge is 2.48. The number of hydrogen-bond donors (Lipinski definition) is 2. The molecular formula is C18H23N3O4. The van der Waals surface area contributed by atoms with Crippen LogP contribution in [0.5, 0.6) is 0 Å². The molecule has 25 heavy (non-hydrogen) atoms. The van der Waals surface area contributed by atoms with Gasteiger partial charge in [-0.2, -0.15) is 4.98 Å². The fourth-order valence-electron chi connectivity index (χ4n) is 3.52. The van der Waals surface area contributed by atoms with Gasteiger partial charge in [0.25, 0.3) is 5.89 Å². The number of benzene rings is 1. The lowest BCUT2D eigenvalue weighted by Crippen LogP contribution is -2.55. The SMILES string of the molecule is CCC[C@@]1(C(=O)O)CN(Cc2noc(-c3ccccc3)n2)CC[C@@H]1O. The molecule has 0 unspecified atom stereocenters. The number of carbonyl (C=O) groups is 1. The molecule has 0 bridgehead atoms. The molecule has 2 N–H and O–H groups in total. The lowest BCUT2D eigenvalue weighted by Gasteiger charge is -2.43. The number of aliphatic hydroxyl groups is 1. The van der Waals surface area contributed by atoms with Crippen molar-refractivity contribution >= 4 is 5.97 Å². The minimum atomic E-state index is -1.13. The Morgan fingerprint density at radius 3 is 2.84 bits per heavy atom. The van der Waals surface area contributed by atoms with E-state index in [-0.39, 0.29) is 6.54 Å². The molecule has 134 valence electrons. The fraction of sp³-hybridized carbons (Fsp3) is 0.500. The second kappa shape index (κ2) is 7.33. The molecule has 2 atom stereocenters. The van der Waals surface area contributed by atoms with Gasteiger partial charge in [0, 0.05) is 18.7 Å². The molecule has 0 amide bonds. The van der Waals surface area contributed by atoms with E-state index in [1.807, 2.05) is 42.2 Å². The van der Waals surface area contributed by atoms with Crippen LogP contribution in [0.25, 0.3) is 11.5 Å². The van der Waals surface area contributed by atoms with Gasteiger partial charge in [0.05, 0.1) is 12.6 Å². The summed E-state index contributed by atoms with van der Waals surface area (Å²) in [6.45, 7) is 3.23. The van der Waals surface area contributed by atoms with Crippen LogP contribution >= 0.6 is 0 Å². The van der Waals surface area contributed by atoms with E-state index < -0.39 is 17.5 Å². The van der Waals surface area contributed by atoms with Crippen molar-refractivity contribution in [1.82, 2.24) is 15.0 Å². The Balaban J connectivity index is 1.73. The van der Waals surface area contributed by atoms with Gasteiger partial charge in [-0.15, -0.1) is 0 Å². The molecule has 1 aromatic carbocycles. The average molecular weight is 345 g/mol. The van der Waals surface area contributed by atoms with Crippen LogP contribution in [0, 0.1) is 5.41 Å². The van der Waals surface area contributed by atoms with E-state index in [1.54, 1.807) is 0 Å². The average Bonchev–Trinajstić information content (AvgIpc) is 3.07. The number of aliphatic carboxylic acids is 1. The van der Waals surface area contributed by atoms with Gasteiger partial charge < -0.3 is 14.7 Å². The number of likely N-dealkylation sites (tertiary alicyclic amines) is 1. The smallest absolute Gasteiger partial charge is 0.313 e. The van der Waals surface area contributed by atoms with E-state index in [1.165, 1.54) is 0 Å². The van der Waals surface area contributed by atoms with Gasteiger partial charge in [-0.3, -0.25) is 9.69 Å². The third kappa shape index (κ3) is 3.57. The number of aromatic nitrogens is 2. The molecule has 0 spiro atoms. The number of nitrogens with zero attached hydrogens (tertiary/aromatic N) is 3. The summed E-state index contributed by atoms with van der Waals surface area (Å²) in [4.78, 5) is 18.2. The summed E-state index contributed by atoms with van der Waals surface area (Å²) in [6, 6.07) is 9.50. The van der Waals surface area contributed by atoms with E-state index in [0.717, 1.165) is 5.56 Å². The van der Waals surface area contributed by atoms with Gasteiger partial charge in [0.15, 0.2) is 5.82 Å². The first-order valence-electron chi connectivity index (χ1n) is 8.57. The Kier molecular flexibility index (Phi) is 5.15. The van der Waals surface area contributed by atoms with E-state index >= 15 is 0 Å². The zero-order chi connectivity index (χ0) is 17.9. The molecule has 0 aliphatic carbocycles. The van der Waals surface area contributed by atoms with Gasteiger partial charge in [-0.1, -0.05) is 36.7 Å². The summed E-state index contributed by atoms with van der Waals surface area (Å²) in [5, 5.41) is 24.0. The highest BCUT2D eigenvalue weighted by atomic mass is 16.5. The molecule has 3 rings (SSSR count). The van der Waals surface area contributed by atoms with Crippen LogP contribution in [-0.4, -0.2) is 50.4 Å². The number of carboxylic acids is 1. The summed E-state index contributed by atoms with van der Waals surface area (Å²) in [6.07, 6.45) is 0.751. The first-order valence-corrected chi connectivity index (χ1v) is 8.57. The first kappa shape index (κ1) is 17.6. The molecule has 1 fully saturated rings. The van der Waals surface area contributed by atoms with Crippen LogP contribution in [0.3, 0.4) is 0 Å². The van der Waals surface area contributed by atoms with Gasteiger partial charge in [-0.25, -0.2) is 0 Å². The first-order chi connectivity index (χ1) is 12.0. The predicted octanol–water partition coefficient (Wildman–Crippen LogP) is 2.17. The Bertz CT molecular complexity index is 718. The molecular weight excluding hydrogens is 322 g/mol. The fourth-order valence-corrected chi connectivity index (χ4v) is 3.52. The Labute approximate surface area is 146 Å². The summed E-state index contributed by atoms with van der Waals surface area (Å²) in [5.74, 6) is 0.0290. The molecule has 7 heteroatoms. The largest absolute Gasteiger partial charge is 0.481 e. The van der Waals surface area contributed by atoms with Crippen molar-refractivity contribution in [3.05, 3.63) is 36.2 Å². The Morgan fingerprint density at radius 1 is 1.40 bits per heavy atom. The monoisotopic (exact) mass is 345 g/mol. The Hall–Kier alpha value is -2.25. The van der Waals surface area contributed by atoms with E-state index in [0.29, 0.717) is 44.1 Å². The molecule has 7 nitrogen and oxygen atoms in total. The van der Waals surface area contributed by atoms with E-state index in [9.17, 15) is 15.0 Å². The minimum absolute atomic E-state index is 0.284. The predicted molar refractivity (Wildman–Crippen MR) is 90.6 cm³/mol. The van der Waals surface area contributed by atoms with Crippen LogP contribution in [0.1, 0.15) is 32.0 Å². The standard InChI is InChI=1S/C18H23N3O4/c1-2-9-18(17(23)24)12-21(10-8-14(18)22)11-15-19-16(25-20-15)13-6-4-3-5-7-13/h3-7,14,22H,2,8-12H2,1H3,(H,23,24)/t14-,18+/m0/s1. The van der Waals surface area contributed by atoms with Crippen molar-refractivity contribution in [2.45, 2.75) is 38.8 Å². The van der Waals surface area contributed by atoms with Crippen molar-refractivity contribution in [3.8, 4) is 11.5 Å². The Morgan fingerprint density at radius 2 is 2.16 bits per heavy atom. The van der Waals surface area contributed by atoms with Crippen LogP contribution in [-0.2, 0) is 11.3 Å². The normalized spacial score (nSPS) is 24.3. The lowest BCUT2D eigenvalue weighted by atomic mass is 9.74. The summed E-state index contributed by atoms with van der Waals surface area (Å²) in [5.41, 5.74) is -0.278. The molecule has 0 radical (unpaired) electrons. The maximum absolute atomic E-state index is 11.8. The van der Waals surface area contributed by atoms with Gasteiger partial charge in [-0.05, 0) is 25.0 Å². The van der Waals surface area contributed by atoms with Crippen molar-refractivity contribution in [2.75, 3.05) is 13.1 Å². The highest BCUT2D eigenvalue weighted by Crippen LogP contribution is 2.36. The molecule has 2 aromatic rings. The van der Waals surface area contributed by atoms with Crippen molar-refractivity contribution < 1.29 is 19.5 Å². The van der Waals surface area contributed by atoms with E-state index in [4.69, 9.17) is 4.52 Å². The van der Waals surface area contributed by atoms with Crippen LogP contribution in [0.4, 0.5) is 0 Å². The third-order valence-corrected chi connectivity index (χ3v) is 4.84. The number of piperidine rings is 1. The number of hydrogen-bond acceptors (Lipinski definition) is 6. The maximum Gasteiger partial charge on any atom is 0.313 e. The highest BCUT2D eigenvalue weighted by molar-refractivity contribution is 5.76. The van der Waals surface area contributed by atoms with Crippen molar-refractivity contribution in [3.63, 3.8) is 0 Å². The number of rotatable bonds is 6. The molecule has 0 saturated carbocycles. The topological polar surface area (TPSA) is 99.7 Å². The molecule has 1 aliphatic rings. The van der Waals surface area contributed by atoms with E-state index in [2.05, 4.69) is 10.1 Å². The third-order valence-electron chi connectivity index (χ3n) is 4.84. The summed E-state index contributed by atoms with van der Waals surface area (Å²) < 4.78 is 5.31. The second-order valence-electron chi connectivity index (χ2n) is 6.61. The second-order valence-corrected chi connectivity index (χ2v) is 6.61. The lowest BCUT2D eigenvalue weighted by molar-refractivity contribution is -0.164. The number of aliphatic hydroxyl groups excluding tert-OH is 1. The molecule has 1 aromatic heterocycles. The zero-order valence-corrected chi connectivity index (χ0v) is 14.3. The summed E-state index contributed by atoms with van der Waals surface area (Å²) in [7, 11) is 0. The van der Waals surface area contributed by atoms with Crippen LogP contribution in [0.2, 0.25) is 0 Å². The molecule has 1 aliphatic heterocycles. The quantitative estimate of drug-likeness (QED) is 0.827. The van der Waals surface area contributed by atoms with Crippen molar-refractivity contribution in [2.24, 2.45) is 5.41 Å². The number of carboxylic acid groups (broad SMARTS) is 1. The van der Waals surface area contributed by atoms with Gasteiger partial charge in [0.1, 0.15) is 5.41 Å².